The van der Waals surface area contributed by atoms with Gasteiger partial charge in [0.2, 0.25) is 0 Å². The Bertz CT molecular complexity index is 627. The minimum absolute atomic E-state index is 0.566. The summed E-state index contributed by atoms with van der Waals surface area (Å²) in [6.45, 7) is 5.37. The molecule has 1 fully saturated rings. The first-order valence-corrected chi connectivity index (χ1v) is 7.98. The first-order valence-electron chi connectivity index (χ1n) is 7.18. The zero-order valence-electron chi connectivity index (χ0n) is 11.9. The van der Waals surface area contributed by atoms with E-state index in [1.165, 1.54) is 18.7 Å². The maximum absolute atomic E-state index is 6.40. The van der Waals surface area contributed by atoms with Gasteiger partial charge in [0.15, 0.2) is 0 Å². The summed E-state index contributed by atoms with van der Waals surface area (Å²) in [7, 11) is 0. The van der Waals surface area contributed by atoms with Crippen molar-refractivity contribution in [2.24, 2.45) is 5.92 Å². The topological polar surface area (TPSA) is 43.8 Å². The molecule has 3 nitrogen and oxygen atoms in total. The van der Waals surface area contributed by atoms with Crippen molar-refractivity contribution in [3.8, 4) is 11.3 Å². The quantitative estimate of drug-likeness (QED) is 0.899. The second kappa shape index (κ2) is 5.24. The van der Waals surface area contributed by atoms with Crippen LogP contribution in [0.4, 0.5) is 5.82 Å². The zero-order chi connectivity index (χ0) is 14.3. The minimum Gasteiger partial charge on any atom is -0.383 e. The minimum atomic E-state index is 0.566. The van der Waals surface area contributed by atoms with Gasteiger partial charge in [-0.25, -0.2) is 4.98 Å². The Kier molecular flexibility index (Phi) is 3.59. The van der Waals surface area contributed by atoms with Crippen LogP contribution >= 0.6 is 15.9 Å². The summed E-state index contributed by atoms with van der Waals surface area (Å²) in [5.74, 6) is 3.14. The van der Waals surface area contributed by atoms with Gasteiger partial charge in [-0.15, -0.1) is 0 Å². The fraction of sp³-hybridized carbons (Fsp3) is 0.438. The van der Waals surface area contributed by atoms with Crippen molar-refractivity contribution in [2.75, 3.05) is 5.73 Å². The molecule has 1 heterocycles. The Hall–Kier alpha value is -1.29. The van der Waals surface area contributed by atoms with Crippen LogP contribution in [0.15, 0.2) is 28.7 Å². The molecular formula is C16H20BrN3. The summed E-state index contributed by atoms with van der Waals surface area (Å²) in [5.41, 5.74) is 8.39. The van der Waals surface area contributed by atoms with Crippen molar-refractivity contribution < 1.29 is 0 Å². The molecule has 2 N–H and O–H groups in total. The number of halogens is 1. The molecule has 20 heavy (non-hydrogen) atoms. The predicted molar refractivity (Wildman–Crippen MR) is 86.6 cm³/mol. The summed E-state index contributed by atoms with van der Waals surface area (Å²) in [6, 6.07) is 8.14. The lowest BCUT2D eigenvalue weighted by Crippen LogP contribution is -2.10. The summed E-state index contributed by atoms with van der Waals surface area (Å²) < 4.78 is 3.26. The molecule has 0 radical (unpaired) electrons. The molecule has 1 aromatic heterocycles. The third-order valence-corrected chi connectivity index (χ3v) is 4.35. The predicted octanol–water partition coefficient (Wildman–Crippen LogP) is 4.43. The lowest BCUT2D eigenvalue weighted by atomic mass is 10.1. The number of anilines is 1. The molecule has 0 aliphatic heterocycles. The van der Waals surface area contributed by atoms with Crippen molar-refractivity contribution in [1.29, 1.82) is 0 Å². The van der Waals surface area contributed by atoms with Crippen LogP contribution in [0.25, 0.3) is 11.3 Å². The molecule has 0 saturated heterocycles. The number of benzene rings is 1. The summed E-state index contributed by atoms with van der Waals surface area (Å²) in [4.78, 5) is 4.86. The molecule has 0 bridgehead atoms. The average Bonchev–Trinajstić information content (AvgIpc) is 3.19. The van der Waals surface area contributed by atoms with E-state index in [4.69, 9.17) is 10.7 Å². The van der Waals surface area contributed by atoms with E-state index in [0.717, 1.165) is 28.1 Å². The van der Waals surface area contributed by atoms with Crippen molar-refractivity contribution >= 4 is 21.7 Å². The van der Waals surface area contributed by atoms with Crippen LogP contribution in [0.2, 0.25) is 0 Å². The van der Waals surface area contributed by atoms with Crippen molar-refractivity contribution in [3.05, 3.63) is 34.6 Å². The number of aromatic nitrogens is 2. The third kappa shape index (κ3) is 2.49. The van der Waals surface area contributed by atoms with Gasteiger partial charge in [-0.05, 0) is 24.8 Å². The molecular weight excluding hydrogens is 314 g/mol. The first-order chi connectivity index (χ1) is 9.58. The van der Waals surface area contributed by atoms with Gasteiger partial charge in [0.1, 0.15) is 17.3 Å². The van der Waals surface area contributed by atoms with Crippen LogP contribution < -0.4 is 5.73 Å². The van der Waals surface area contributed by atoms with Crippen LogP contribution in [0, 0.1) is 5.92 Å². The highest BCUT2D eigenvalue weighted by Crippen LogP contribution is 2.43. The highest BCUT2D eigenvalue weighted by molar-refractivity contribution is 9.10. The lowest BCUT2D eigenvalue weighted by molar-refractivity contribution is 0.512. The normalized spacial score (nSPS) is 15.0. The molecule has 106 valence electrons. The van der Waals surface area contributed by atoms with E-state index in [0.29, 0.717) is 11.8 Å². The Balaban J connectivity index is 2.10. The number of nitrogens with zero attached hydrogens (tertiary/aromatic N) is 2. The van der Waals surface area contributed by atoms with Gasteiger partial charge in [0.05, 0.1) is 0 Å². The van der Waals surface area contributed by atoms with Crippen LogP contribution in [-0.4, -0.2) is 9.55 Å². The number of rotatable bonds is 4. The molecule has 4 heteroatoms. The molecule has 2 aromatic rings. The Labute approximate surface area is 128 Å². The second-order valence-electron chi connectivity index (χ2n) is 5.96. The number of hydrogen-bond acceptors (Lipinski definition) is 2. The number of hydrogen-bond donors (Lipinski definition) is 1. The molecule has 1 saturated carbocycles. The second-order valence-corrected chi connectivity index (χ2v) is 6.82. The van der Waals surface area contributed by atoms with Crippen LogP contribution in [0.3, 0.4) is 0 Å². The Morgan fingerprint density at radius 1 is 1.35 bits per heavy atom. The van der Waals surface area contributed by atoms with Gasteiger partial charge in [-0.1, -0.05) is 48.0 Å². The fourth-order valence-electron chi connectivity index (χ4n) is 2.55. The monoisotopic (exact) mass is 333 g/mol. The smallest absolute Gasteiger partial charge is 0.131 e. The Morgan fingerprint density at radius 2 is 2.05 bits per heavy atom. The van der Waals surface area contributed by atoms with Crippen molar-refractivity contribution in [1.82, 2.24) is 9.55 Å². The van der Waals surface area contributed by atoms with E-state index in [-0.39, 0.29) is 0 Å². The van der Waals surface area contributed by atoms with E-state index in [1.54, 1.807) is 0 Å². The molecule has 0 spiro atoms. The molecule has 1 aliphatic rings. The van der Waals surface area contributed by atoms with E-state index in [1.807, 2.05) is 18.2 Å². The van der Waals surface area contributed by atoms with Crippen LogP contribution in [-0.2, 0) is 6.54 Å². The maximum Gasteiger partial charge on any atom is 0.131 e. The average molecular weight is 334 g/mol. The van der Waals surface area contributed by atoms with Gasteiger partial charge in [0, 0.05) is 22.5 Å². The van der Waals surface area contributed by atoms with E-state index >= 15 is 0 Å². The summed E-state index contributed by atoms with van der Waals surface area (Å²) in [5, 5.41) is 0. The summed E-state index contributed by atoms with van der Waals surface area (Å²) in [6.07, 6.45) is 2.48. The highest BCUT2D eigenvalue weighted by Gasteiger charge is 2.31. The largest absolute Gasteiger partial charge is 0.383 e. The third-order valence-electron chi connectivity index (χ3n) is 3.66. The number of nitrogens with two attached hydrogens (primary N) is 1. The SMILES string of the molecule is CC(C)Cn1c(C2CC2)nc(-c2ccccc2Br)c1N. The van der Waals surface area contributed by atoms with Crippen LogP contribution in [0.5, 0.6) is 0 Å². The number of imidazole rings is 1. The summed E-state index contributed by atoms with van der Waals surface area (Å²) >= 11 is 3.60. The maximum atomic E-state index is 6.40. The molecule has 0 unspecified atom stereocenters. The lowest BCUT2D eigenvalue weighted by Gasteiger charge is -2.12. The molecule has 1 aliphatic carbocycles. The van der Waals surface area contributed by atoms with E-state index in [9.17, 15) is 0 Å². The fourth-order valence-corrected chi connectivity index (χ4v) is 3.02. The molecule has 1 aromatic carbocycles. The van der Waals surface area contributed by atoms with Gasteiger partial charge < -0.3 is 10.3 Å². The zero-order valence-corrected chi connectivity index (χ0v) is 13.5. The van der Waals surface area contributed by atoms with E-state index < -0.39 is 0 Å². The molecule has 3 rings (SSSR count). The van der Waals surface area contributed by atoms with Crippen molar-refractivity contribution in [3.63, 3.8) is 0 Å². The van der Waals surface area contributed by atoms with Gasteiger partial charge >= 0.3 is 0 Å². The van der Waals surface area contributed by atoms with E-state index in [2.05, 4.69) is 40.4 Å². The molecule has 0 atom stereocenters. The Morgan fingerprint density at radius 3 is 2.65 bits per heavy atom. The van der Waals surface area contributed by atoms with Crippen molar-refractivity contribution in [2.45, 2.75) is 39.2 Å². The molecule has 0 amide bonds. The van der Waals surface area contributed by atoms with Gasteiger partial charge in [-0.2, -0.15) is 0 Å². The van der Waals surface area contributed by atoms with Crippen LogP contribution in [0.1, 0.15) is 38.4 Å². The van der Waals surface area contributed by atoms with Gasteiger partial charge in [0.25, 0.3) is 0 Å². The first kappa shape index (κ1) is 13.7. The highest BCUT2D eigenvalue weighted by atomic mass is 79.9. The standard InChI is InChI=1S/C16H20BrN3/c1-10(2)9-20-15(18)14(19-16(20)11-7-8-11)12-5-3-4-6-13(12)17/h3-6,10-11H,7-9,18H2,1-2H3. The van der Waals surface area contributed by atoms with Gasteiger partial charge in [-0.3, -0.25) is 0 Å². The number of nitrogen functional groups attached to an aromatic ring is 1.